The normalized spacial score (nSPS) is 10.8. The smallest absolute Gasteiger partial charge is 0.337 e. The fourth-order valence-electron chi connectivity index (χ4n) is 2.73. The number of nitrogens with one attached hydrogen (secondary N) is 1. The number of ether oxygens (including phenoxy) is 2. The van der Waals surface area contributed by atoms with E-state index in [1.54, 1.807) is 48.7 Å². The van der Waals surface area contributed by atoms with E-state index in [9.17, 15) is 9.90 Å². The Labute approximate surface area is 190 Å². The Morgan fingerprint density at radius 2 is 1.87 bits per heavy atom. The van der Waals surface area contributed by atoms with Gasteiger partial charge in [-0.15, -0.1) is 0 Å². The van der Waals surface area contributed by atoms with Crippen molar-refractivity contribution in [1.82, 2.24) is 0 Å². The predicted octanol–water partition coefficient (Wildman–Crippen LogP) is 6.12. The molecule has 0 amide bonds. The highest BCUT2D eigenvalue weighted by atomic mass is 35.5. The summed E-state index contributed by atoms with van der Waals surface area (Å²) in [5.74, 6) is 0.0934. The summed E-state index contributed by atoms with van der Waals surface area (Å²) in [4.78, 5) is 11.3. The SMILES string of the molecule is CCOc1cc(C=NNc2ccccc2C(=O)O)ccc1OCc1ccc(Cl)cc1Cl. The Morgan fingerprint density at radius 1 is 1.06 bits per heavy atom. The summed E-state index contributed by atoms with van der Waals surface area (Å²) in [6.07, 6.45) is 1.57. The number of anilines is 1. The minimum atomic E-state index is -1.03. The number of aromatic carboxylic acids is 1. The fraction of sp³-hybridized carbons (Fsp3) is 0.130. The molecule has 6 nitrogen and oxygen atoms in total. The number of halogens is 2. The summed E-state index contributed by atoms with van der Waals surface area (Å²) in [7, 11) is 0. The van der Waals surface area contributed by atoms with Gasteiger partial charge in [0.2, 0.25) is 0 Å². The van der Waals surface area contributed by atoms with Crippen molar-refractivity contribution < 1.29 is 19.4 Å². The Morgan fingerprint density at radius 3 is 2.61 bits per heavy atom. The Kier molecular flexibility index (Phi) is 7.76. The number of hydrogen-bond acceptors (Lipinski definition) is 5. The van der Waals surface area contributed by atoms with Gasteiger partial charge in [0, 0.05) is 15.6 Å². The van der Waals surface area contributed by atoms with Crippen molar-refractivity contribution in [3.8, 4) is 11.5 Å². The molecule has 3 aromatic rings. The molecule has 0 unspecified atom stereocenters. The van der Waals surface area contributed by atoms with Crippen LogP contribution in [0.2, 0.25) is 10.0 Å². The molecule has 0 heterocycles. The summed E-state index contributed by atoms with van der Waals surface area (Å²) in [5, 5.41) is 14.5. The lowest BCUT2D eigenvalue weighted by Gasteiger charge is -2.13. The van der Waals surface area contributed by atoms with Gasteiger partial charge in [0.1, 0.15) is 6.61 Å². The number of hydrogen-bond donors (Lipinski definition) is 2. The predicted molar refractivity (Wildman–Crippen MR) is 123 cm³/mol. The maximum absolute atomic E-state index is 11.3. The number of hydrazone groups is 1. The zero-order valence-corrected chi connectivity index (χ0v) is 18.2. The third-order valence-electron chi connectivity index (χ3n) is 4.22. The highest BCUT2D eigenvalue weighted by molar-refractivity contribution is 6.35. The minimum Gasteiger partial charge on any atom is -0.490 e. The van der Waals surface area contributed by atoms with Crippen molar-refractivity contribution in [3.05, 3.63) is 87.4 Å². The van der Waals surface area contributed by atoms with E-state index in [2.05, 4.69) is 10.5 Å². The molecule has 2 N–H and O–H groups in total. The van der Waals surface area contributed by atoms with Crippen LogP contribution in [0, 0.1) is 0 Å². The van der Waals surface area contributed by atoms with Crippen LogP contribution in [0.5, 0.6) is 11.5 Å². The summed E-state index contributed by atoms with van der Waals surface area (Å²) >= 11 is 12.1. The molecule has 3 rings (SSSR count). The number of nitrogens with zero attached hydrogens (tertiary/aromatic N) is 1. The lowest BCUT2D eigenvalue weighted by molar-refractivity contribution is 0.0698. The molecule has 0 aliphatic heterocycles. The van der Waals surface area contributed by atoms with Gasteiger partial charge in [-0.3, -0.25) is 5.43 Å². The number of benzene rings is 3. The maximum atomic E-state index is 11.3. The molecule has 0 atom stereocenters. The average molecular weight is 459 g/mol. The first kappa shape index (κ1) is 22.5. The number of carbonyl (C=O) groups is 1. The molecule has 160 valence electrons. The van der Waals surface area contributed by atoms with Crippen LogP contribution in [0.4, 0.5) is 5.69 Å². The van der Waals surface area contributed by atoms with Crippen LogP contribution in [0.25, 0.3) is 0 Å². The molecule has 8 heteroatoms. The van der Waals surface area contributed by atoms with Gasteiger partial charge in [0.25, 0.3) is 0 Å². The second kappa shape index (κ2) is 10.7. The molecule has 3 aromatic carbocycles. The number of para-hydroxylation sites is 1. The molecule has 0 spiro atoms. The second-order valence-corrected chi connectivity index (χ2v) is 7.23. The number of carboxylic acid groups (broad SMARTS) is 1. The van der Waals surface area contributed by atoms with Crippen LogP contribution in [-0.2, 0) is 6.61 Å². The molecule has 0 saturated carbocycles. The quantitative estimate of drug-likeness (QED) is 0.298. The van der Waals surface area contributed by atoms with E-state index in [0.717, 1.165) is 11.1 Å². The van der Waals surface area contributed by atoms with Gasteiger partial charge in [0.15, 0.2) is 11.5 Å². The number of rotatable bonds is 9. The standard InChI is InChI=1S/C23H20Cl2N2O4/c1-2-30-22-11-15(13-26-27-20-6-4-3-5-18(20)23(28)29)7-10-21(22)31-14-16-8-9-17(24)12-19(16)25/h3-13,27H,2,14H2,1H3,(H,28,29). The van der Waals surface area contributed by atoms with Crippen molar-refractivity contribution in [1.29, 1.82) is 0 Å². The largest absolute Gasteiger partial charge is 0.490 e. The van der Waals surface area contributed by atoms with Crippen LogP contribution < -0.4 is 14.9 Å². The monoisotopic (exact) mass is 458 g/mol. The van der Waals surface area contributed by atoms with Gasteiger partial charge in [-0.25, -0.2) is 4.79 Å². The zero-order valence-electron chi connectivity index (χ0n) is 16.6. The van der Waals surface area contributed by atoms with Crippen molar-refractivity contribution >= 4 is 41.1 Å². The molecule has 0 bridgehead atoms. The van der Waals surface area contributed by atoms with Gasteiger partial charge in [-0.05, 0) is 55.0 Å². The summed E-state index contributed by atoms with van der Waals surface area (Å²) in [6, 6.07) is 17.2. The third kappa shape index (κ3) is 6.13. The molecular formula is C23H20Cl2N2O4. The van der Waals surface area contributed by atoms with E-state index >= 15 is 0 Å². The molecule has 0 aliphatic carbocycles. The van der Waals surface area contributed by atoms with Crippen molar-refractivity contribution in [2.24, 2.45) is 5.10 Å². The van der Waals surface area contributed by atoms with Gasteiger partial charge >= 0.3 is 5.97 Å². The molecule has 0 aromatic heterocycles. The fourth-order valence-corrected chi connectivity index (χ4v) is 3.19. The third-order valence-corrected chi connectivity index (χ3v) is 4.81. The van der Waals surface area contributed by atoms with Crippen LogP contribution in [0.3, 0.4) is 0 Å². The van der Waals surface area contributed by atoms with E-state index in [4.69, 9.17) is 32.7 Å². The Balaban J connectivity index is 1.72. The Bertz CT molecular complexity index is 1100. The zero-order chi connectivity index (χ0) is 22.2. The molecular weight excluding hydrogens is 439 g/mol. The van der Waals surface area contributed by atoms with Crippen LogP contribution in [0.15, 0.2) is 65.8 Å². The lowest BCUT2D eigenvalue weighted by Crippen LogP contribution is -2.02. The highest BCUT2D eigenvalue weighted by Gasteiger charge is 2.10. The van der Waals surface area contributed by atoms with Crippen molar-refractivity contribution in [3.63, 3.8) is 0 Å². The first-order chi connectivity index (χ1) is 15.0. The molecule has 31 heavy (non-hydrogen) atoms. The number of carboxylic acids is 1. The molecule has 0 radical (unpaired) electrons. The van der Waals surface area contributed by atoms with Crippen molar-refractivity contribution in [2.45, 2.75) is 13.5 Å². The first-order valence-electron chi connectivity index (χ1n) is 9.43. The van der Waals surface area contributed by atoms with E-state index in [1.165, 1.54) is 6.07 Å². The van der Waals surface area contributed by atoms with Crippen LogP contribution in [0.1, 0.15) is 28.4 Å². The topological polar surface area (TPSA) is 80.2 Å². The minimum absolute atomic E-state index is 0.138. The lowest BCUT2D eigenvalue weighted by atomic mass is 10.2. The van der Waals surface area contributed by atoms with Crippen molar-refractivity contribution in [2.75, 3.05) is 12.0 Å². The highest BCUT2D eigenvalue weighted by Crippen LogP contribution is 2.30. The summed E-state index contributed by atoms with van der Waals surface area (Å²) < 4.78 is 11.6. The van der Waals surface area contributed by atoms with Gasteiger partial charge < -0.3 is 14.6 Å². The Hall–Kier alpha value is -3.22. The van der Waals surface area contributed by atoms with E-state index in [1.807, 2.05) is 19.1 Å². The maximum Gasteiger partial charge on any atom is 0.337 e. The van der Waals surface area contributed by atoms with E-state index in [-0.39, 0.29) is 12.2 Å². The van der Waals surface area contributed by atoms with Gasteiger partial charge in [-0.1, -0.05) is 41.4 Å². The molecule has 0 fully saturated rings. The summed E-state index contributed by atoms with van der Waals surface area (Å²) in [5.41, 5.74) is 4.85. The molecule has 0 saturated heterocycles. The van der Waals surface area contributed by atoms with Gasteiger partial charge in [0.05, 0.1) is 24.1 Å². The average Bonchev–Trinajstić information content (AvgIpc) is 2.74. The van der Waals surface area contributed by atoms with E-state index in [0.29, 0.717) is 33.8 Å². The second-order valence-electron chi connectivity index (χ2n) is 6.38. The molecule has 0 aliphatic rings. The van der Waals surface area contributed by atoms with Crippen LogP contribution in [-0.4, -0.2) is 23.9 Å². The van der Waals surface area contributed by atoms with E-state index < -0.39 is 5.97 Å². The summed E-state index contributed by atoms with van der Waals surface area (Å²) in [6.45, 7) is 2.60. The van der Waals surface area contributed by atoms with Gasteiger partial charge in [-0.2, -0.15) is 5.10 Å². The van der Waals surface area contributed by atoms with Crippen LogP contribution >= 0.6 is 23.2 Å². The first-order valence-corrected chi connectivity index (χ1v) is 10.2.